The molecule has 0 spiro atoms. The van der Waals surface area contributed by atoms with Crippen LogP contribution in [0.5, 0.6) is 0 Å². The smallest absolute Gasteiger partial charge is 0.309 e. The summed E-state index contributed by atoms with van der Waals surface area (Å²) in [5, 5.41) is 1.87. The first-order valence-electron chi connectivity index (χ1n) is 5.38. The fourth-order valence-corrected chi connectivity index (χ4v) is 2.62. The summed E-state index contributed by atoms with van der Waals surface area (Å²) in [6.45, 7) is 0. The number of nitrogens with one attached hydrogen (secondary N) is 1. The van der Waals surface area contributed by atoms with E-state index in [1.54, 1.807) is 13.1 Å². The number of nitrogens with zero attached hydrogens (tertiary/aromatic N) is 1. The molecule has 1 atom stereocenters. The van der Waals surface area contributed by atoms with Gasteiger partial charge in [0, 0.05) is 16.6 Å². The third-order valence-electron chi connectivity index (χ3n) is 2.56. The molecule has 0 amide bonds. The first-order valence-corrected chi connectivity index (χ1v) is 6.19. The van der Waals surface area contributed by atoms with Crippen LogP contribution < -0.4 is 5.32 Å². The van der Waals surface area contributed by atoms with Crippen molar-refractivity contribution in [3.8, 4) is 0 Å². The molecular formula is C12H10F4N2S. The average molecular weight is 290 g/mol. The molecule has 2 aromatic rings. The van der Waals surface area contributed by atoms with Gasteiger partial charge in [0.2, 0.25) is 0 Å². The maximum Gasteiger partial charge on any atom is 0.443 e. The van der Waals surface area contributed by atoms with Crippen LogP contribution in [0.3, 0.4) is 0 Å². The lowest BCUT2D eigenvalue weighted by molar-refractivity contribution is -0.137. The first-order chi connectivity index (χ1) is 8.93. The maximum atomic E-state index is 13.7. The summed E-state index contributed by atoms with van der Waals surface area (Å²) >= 11 is 0.511. The number of benzene rings is 1. The van der Waals surface area contributed by atoms with E-state index in [-0.39, 0.29) is 0 Å². The van der Waals surface area contributed by atoms with Gasteiger partial charge in [-0.05, 0) is 13.1 Å². The van der Waals surface area contributed by atoms with Gasteiger partial charge in [0.1, 0.15) is 5.82 Å². The standard InChI is InChI=1S/C12H10F4N2S/c1-17-10(7-4-2-3-5-8(7)13)9-6-18-11(19-9)12(14,15)16/h2-6,10,17H,1H3. The van der Waals surface area contributed by atoms with Crippen LogP contribution in [-0.4, -0.2) is 12.0 Å². The Balaban J connectivity index is 2.38. The Morgan fingerprint density at radius 2 is 1.95 bits per heavy atom. The zero-order valence-electron chi connectivity index (χ0n) is 9.83. The topological polar surface area (TPSA) is 24.9 Å². The minimum absolute atomic E-state index is 0.294. The molecule has 0 saturated carbocycles. The van der Waals surface area contributed by atoms with Crippen molar-refractivity contribution in [3.63, 3.8) is 0 Å². The third kappa shape index (κ3) is 2.93. The fraction of sp³-hybridized carbons (Fsp3) is 0.250. The summed E-state index contributed by atoms with van der Waals surface area (Å²) in [5.41, 5.74) is 0.294. The monoisotopic (exact) mass is 290 g/mol. The van der Waals surface area contributed by atoms with E-state index in [0.717, 1.165) is 6.20 Å². The van der Waals surface area contributed by atoms with Crippen LogP contribution in [0.1, 0.15) is 21.5 Å². The molecule has 0 aliphatic carbocycles. The molecule has 7 heteroatoms. The summed E-state index contributed by atoms with van der Waals surface area (Å²) in [5.74, 6) is -0.469. The van der Waals surface area contributed by atoms with Gasteiger partial charge in [-0.1, -0.05) is 18.2 Å². The summed E-state index contributed by atoms with van der Waals surface area (Å²) in [4.78, 5) is 3.66. The van der Waals surface area contributed by atoms with Crippen LogP contribution in [0.4, 0.5) is 17.6 Å². The van der Waals surface area contributed by atoms with Crippen molar-refractivity contribution in [2.45, 2.75) is 12.2 Å². The van der Waals surface area contributed by atoms with Gasteiger partial charge >= 0.3 is 6.18 Å². The summed E-state index contributed by atoms with van der Waals surface area (Å²) < 4.78 is 51.2. The SMILES string of the molecule is CNC(c1cnc(C(F)(F)F)s1)c1ccccc1F. The Labute approximate surface area is 111 Å². The molecule has 1 aromatic heterocycles. The molecule has 0 aliphatic rings. The Morgan fingerprint density at radius 3 is 2.47 bits per heavy atom. The van der Waals surface area contributed by atoms with Crippen LogP contribution in [0.25, 0.3) is 0 Å². The molecule has 0 bridgehead atoms. The van der Waals surface area contributed by atoms with Crippen LogP contribution in [-0.2, 0) is 6.18 Å². The van der Waals surface area contributed by atoms with Crippen LogP contribution in [0.2, 0.25) is 0 Å². The van der Waals surface area contributed by atoms with Crippen molar-refractivity contribution >= 4 is 11.3 Å². The highest BCUT2D eigenvalue weighted by Crippen LogP contribution is 2.36. The molecule has 1 heterocycles. The number of halogens is 4. The minimum Gasteiger partial charge on any atom is -0.309 e. The Bertz CT molecular complexity index is 565. The van der Waals surface area contributed by atoms with Crippen molar-refractivity contribution in [3.05, 3.63) is 51.7 Å². The molecule has 0 fully saturated rings. The van der Waals surface area contributed by atoms with Gasteiger partial charge < -0.3 is 5.32 Å². The Hall–Kier alpha value is -1.47. The number of thiazole rings is 1. The zero-order chi connectivity index (χ0) is 14.0. The van der Waals surface area contributed by atoms with Gasteiger partial charge in [0.15, 0.2) is 5.01 Å². The normalized spacial score (nSPS) is 13.5. The second kappa shape index (κ2) is 5.26. The van der Waals surface area contributed by atoms with E-state index >= 15 is 0 Å². The van der Waals surface area contributed by atoms with E-state index in [9.17, 15) is 17.6 Å². The summed E-state index contributed by atoms with van der Waals surface area (Å²) in [6.07, 6.45) is -3.35. The Kier molecular flexibility index (Phi) is 3.86. The van der Waals surface area contributed by atoms with E-state index in [0.29, 0.717) is 21.8 Å². The third-order valence-corrected chi connectivity index (χ3v) is 3.66. The second-order valence-corrected chi connectivity index (χ2v) is 4.87. The average Bonchev–Trinajstić information content (AvgIpc) is 2.82. The summed E-state index contributed by atoms with van der Waals surface area (Å²) in [6, 6.07) is 5.32. The maximum absolute atomic E-state index is 13.7. The fourth-order valence-electron chi connectivity index (χ4n) is 1.71. The van der Waals surface area contributed by atoms with E-state index in [4.69, 9.17) is 0 Å². The van der Waals surface area contributed by atoms with Gasteiger partial charge in [-0.25, -0.2) is 9.37 Å². The van der Waals surface area contributed by atoms with Crippen molar-refractivity contribution < 1.29 is 17.6 Å². The highest BCUT2D eigenvalue weighted by molar-refractivity contribution is 7.11. The number of aromatic nitrogens is 1. The number of hydrogen-bond donors (Lipinski definition) is 1. The number of alkyl halides is 3. The lowest BCUT2D eigenvalue weighted by Gasteiger charge is -2.15. The van der Waals surface area contributed by atoms with Crippen molar-refractivity contribution in [1.82, 2.24) is 10.3 Å². The molecule has 1 unspecified atom stereocenters. The molecule has 0 radical (unpaired) electrons. The van der Waals surface area contributed by atoms with E-state index in [2.05, 4.69) is 10.3 Å². The highest BCUT2D eigenvalue weighted by Gasteiger charge is 2.35. The van der Waals surface area contributed by atoms with Crippen LogP contribution in [0, 0.1) is 5.82 Å². The molecular weight excluding hydrogens is 280 g/mol. The summed E-state index contributed by atoms with van der Waals surface area (Å²) in [7, 11) is 1.56. The lowest BCUT2D eigenvalue weighted by atomic mass is 10.1. The molecule has 2 nitrogen and oxygen atoms in total. The predicted octanol–water partition coefficient (Wildman–Crippen LogP) is 3.61. The molecule has 1 aromatic carbocycles. The van der Waals surface area contributed by atoms with Crippen molar-refractivity contribution in [1.29, 1.82) is 0 Å². The van der Waals surface area contributed by atoms with Gasteiger partial charge in [0.05, 0.1) is 6.04 Å². The molecule has 0 saturated heterocycles. The van der Waals surface area contributed by atoms with Crippen molar-refractivity contribution in [2.24, 2.45) is 0 Å². The first kappa shape index (κ1) is 14.0. The molecule has 0 aliphatic heterocycles. The van der Waals surface area contributed by atoms with Gasteiger partial charge in [-0.3, -0.25) is 0 Å². The highest BCUT2D eigenvalue weighted by atomic mass is 32.1. The minimum atomic E-state index is -4.48. The lowest BCUT2D eigenvalue weighted by Crippen LogP contribution is -2.17. The van der Waals surface area contributed by atoms with E-state index in [1.165, 1.54) is 18.2 Å². The van der Waals surface area contributed by atoms with Crippen molar-refractivity contribution in [2.75, 3.05) is 7.05 Å². The van der Waals surface area contributed by atoms with E-state index < -0.39 is 23.0 Å². The zero-order valence-corrected chi connectivity index (χ0v) is 10.6. The van der Waals surface area contributed by atoms with E-state index in [1.807, 2.05) is 0 Å². The molecule has 2 rings (SSSR count). The molecule has 1 N–H and O–H groups in total. The quantitative estimate of drug-likeness (QED) is 0.874. The molecule has 102 valence electrons. The number of rotatable bonds is 3. The van der Waals surface area contributed by atoms with Crippen LogP contribution >= 0.6 is 11.3 Å². The number of hydrogen-bond acceptors (Lipinski definition) is 3. The predicted molar refractivity (Wildman–Crippen MR) is 64.4 cm³/mol. The molecule has 19 heavy (non-hydrogen) atoms. The van der Waals surface area contributed by atoms with Gasteiger partial charge in [-0.15, -0.1) is 11.3 Å². The van der Waals surface area contributed by atoms with Crippen LogP contribution in [0.15, 0.2) is 30.5 Å². The Morgan fingerprint density at radius 1 is 1.26 bits per heavy atom. The second-order valence-electron chi connectivity index (χ2n) is 3.81. The van der Waals surface area contributed by atoms with Gasteiger partial charge in [0.25, 0.3) is 0 Å². The largest absolute Gasteiger partial charge is 0.443 e. The van der Waals surface area contributed by atoms with Gasteiger partial charge in [-0.2, -0.15) is 13.2 Å².